The van der Waals surface area contributed by atoms with Gasteiger partial charge in [0, 0.05) is 25.3 Å². The molecule has 0 bridgehead atoms. The fourth-order valence-corrected chi connectivity index (χ4v) is 5.41. The van der Waals surface area contributed by atoms with E-state index in [1.165, 1.54) is 12.8 Å². The zero-order chi connectivity index (χ0) is 26.3. The van der Waals surface area contributed by atoms with Crippen molar-refractivity contribution < 1.29 is 14.1 Å². The molecule has 196 valence electrons. The van der Waals surface area contributed by atoms with Gasteiger partial charge < -0.3 is 24.8 Å². The summed E-state index contributed by atoms with van der Waals surface area (Å²) in [5.41, 5.74) is 2.46. The van der Waals surface area contributed by atoms with E-state index in [1.807, 2.05) is 19.2 Å². The van der Waals surface area contributed by atoms with Crippen LogP contribution in [0.15, 0.2) is 35.5 Å². The third-order valence-electron chi connectivity index (χ3n) is 8.59. The number of likely N-dealkylation sites (tertiary alicyclic amines) is 1. The molecule has 2 unspecified atom stereocenters. The molecule has 2 aliphatic heterocycles. The minimum absolute atomic E-state index is 0.159. The second kappa shape index (κ2) is 9.95. The van der Waals surface area contributed by atoms with Crippen LogP contribution >= 0.6 is 0 Å². The van der Waals surface area contributed by atoms with Gasteiger partial charge >= 0.3 is 7.12 Å². The van der Waals surface area contributed by atoms with Crippen molar-refractivity contribution in [3.05, 3.63) is 36.0 Å². The summed E-state index contributed by atoms with van der Waals surface area (Å²) in [6, 6.07) is 8.20. The highest BCUT2D eigenvalue weighted by atomic mass is 16.7. The molecular weight excluding hydrogens is 451 g/mol. The Hall–Kier alpha value is -2.16. The maximum Gasteiger partial charge on any atom is 0.494 e. The number of carbonyl (C=O) groups is 1. The molecule has 8 heteroatoms. The van der Waals surface area contributed by atoms with Crippen molar-refractivity contribution in [2.45, 2.75) is 84.1 Å². The quantitative estimate of drug-likeness (QED) is 0.408. The van der Waals surface area contributed by atoms with Gasteiger partial charge in [-0.1, -0.05) is 38.1 Å². The smallest absolute Gasteiger partial charge is 0.399 e. The third-order valence-corrected chi connectivity index (χ3v) is 8.59. The molecule has 1 aliphatic carbocycles. The van der Waals surface area contributed by atoms with Crippen molar-refractivity contribution in [1.29, 1.82) is 0 Å². The fraction of sp³-hybridized carbons (Fsp3) is 0.643. The number of nitrogens with one attached hydrogen (secondary N) is 2. The molecule has 2 atom stereocenters. The van der Waals surface area contributed by atoms with Gasteiger partial charge in [-0.15, -0.1) is 0 Å². The van der Waals surface area contributed by atoms with Gasteiger partial charge in [0.25, 0.3) is 0 Å². The molecule has 2 heterocycles. The highest BCUT2D eigenvalue weighted by Crippen LogP contribution is 2.54. The number of carbonyl (C=O) groups excluding carboxylic acids is 1. The molecular formula is C28H43BN4O3. The van der Waals surface area contributed by atoms with E-state index in [1.54, 1.807) is 6.20 Å². The first-order valence-electron chi connectivity index (χ1n) is 13.3. The normalized spacial score (nSPS) is 24.9. The number of aliphatic imine (C=N–C) groups is 1. The minimum Gasteiger partial charge on any atom is -0.399 e. The predicted molar refractivity (Wildman–Crippen MR) is 147 cm³/mol. The van der Waals surface area contributed by atoms with Gasteiger partial charge in [0.15, 0.2) is 0 Å². The van der Waals surface area contributed by atoms with Crippen molar-refractivity contribution in [2.24, 2.45) is 16.3 Å². The first-order valence-corrected chi connectivity index (χ1v) is 13.3. The Morgan fingerprint density at radius 1 is 1.19 bits per heavy atom. The summed E-state index contributed by atoms with van der Waals surface area (Å²) in [7, 11) is 1.48. The highest BCUT2D eigenvalue weighted by Gasteiger charge is 2.54. The lowest BCUT2D eigenvalue weighted by molar-refractivity contribution is -0.135. The molecule has 0 aromatic heterocycles. The van der Waals surface area contributed by atoms with Crippen LogP contribution in [0.1, 0.15) is 66.4 Å². The van der Waals surface area contributed by atoms with E-state index in [4.69, 9.17) is 9.31 Å². The molecule has 3 fully saturated rings. The molecule has 4 rings (SSSR count). The maximum absolute atomic E-state index is 13.4. The second-order valence-corrected chi connectivity index (χ2v) is 12.2. The first-order chi connectivity index (χ1) is 16.9. The Morgan fingerprint density at radius 3 is 2.31 bits per heavy atom. The van der Waals surface area contributed by atoms with Crippen molar-refractivity contribution in [3.63, 3.8) is 0 Å². The summed E-state index contributed by atoms with van der Waals surface area (Å²) >= 11 is 0. The summed E-state index contributed by atoms with van der Waals surface area (Å²) in [4.78, 5) is 19.6. The van der Waals surface area contributed by atoms with Crippen LogP contribution in [0.3, 0.4) is 0 Å². The van der Waals surface area contributed by atoms with Crippen LogP contribution in [-0.2, 0) is 14.1 Å². The van der Waals surface area contributed by atoms with Crippen molar-refractivity contribution in [1.82, 2.24) is 15.5 Å². The number of rotatable bonds is 9. The minimum atomic E-state index is -0.393. The molecule has 1 amide bonds. The van der Waals surface area contributed by atoms with Crippen molar-refractivity contribution >= 4 is 30.9 Å². The van der Waals surface area contributed by atoms with E-state index in [0.717, 1.165) is 29.7 Å². The molecule has 0 radical (unpaired) electrons. The fourth-order valence-electron chi connectivity index (χ4n) is 5.41. The average molecular weight is 494 g/mol. The number of nitrogens with zero attached hydrogens (tertiary/aromatic N) is 2. The Balaban J connectivity index is 1.45. The predicted octanol–water partition coefficient (Wildman–Crippen LogP) is 3.20. The highest BCUT2D eigenvalue weighted by molar-refractivity contribution is 6.62. The molecule has 1 spiro atoms. The van der Waals surface area contributed by atoms with Crippen LogP contribution in [0.2, 0.25) is 0 Å². The van der Waals surface area contributed by atoms with Gasteiger partial charge in [-0.25, -0.2) is 0 Å². The van der Waals surface area contributed by atoms with E-state index < -0.39 is 7.12 Å². The largest absolute Gasteiger partial charge is 0.494 e. The number of likely N-dealkylation sites (N-methyl/N-ethyl adjacent to an activating group) is 1. The Kier molecular flexibility index (Phi) is 7.44. The van der Waals surface area contributed by atoms with Gasteiger partial charge in [0.05, 0.1) is 22.9 Å². The van der Waals surface area contributed by atoms with E-state index in [9.17, 15) is 4.79 Å². The summed E-state index contributed by atoms with van der Waals surface area (Å²) in [6.07, 6.45) is 5.24. The molecule has 7 nitrogen and oxygen atoms in total. The lowest BCUT2D eigenvalue weighted by atomic mass is 9.79. The van der Waals surface area contributed by atoms with Crippen LogP contribution in [-0.4, -0.2) is 68.1 Å². The Morgan fingerprint density at radius 2 is 1.81 bits per heavy atom. The monoisotopic (exact) mass is 494 g/mol. The molecule has 1 aromatic rings. The second-order valence-electron chi connectivity index (χ2n) is 12.2. The van der Waals surface area contributed by atoms with Gasteiger partial charge in [0.2, 0.25) is 5.91 Å². The van der Waals surface area contributed by atoms with E-state index in [-0.39, 0.29) is 35.1 Å². The SMILES string of the molecule is C=N/C=C(\NCC1CC2(CC2)CN1C(=O)C(NC)C(C)C)c1ccc(B2OC(C)(C)C(C)(C)O2)cc1. The van der Waals surface area contributed by atoms with Gasteiger partial charge in [0.1, 0.15) is 0 Å². The number of hydrogen-bond donors (Lipinski definition) is 2. The maximum atomic E-state index is 13.4. The summed E-state index contributed by atoms with van der Waals surface area (Å²) < 4.78 is 12.4. The molecule has 2 N–H and O–H groups in total. The van der Waals surface area contributed by atoms with E-state index in [2.05, 4.69) is 80.9 Å². The van der Waals surface area contributed by atoms with E-state index >= 15 is 0 Å². The van der Waals surface area contributed by atoms with Gasteiger partial charge in [-0.2, -0.15) is 0 Å². The zero-order valence-corrected chi connectivity index (χ0v) is 23.1. The average Bonchev–Trinajstić information content (AvgIpc) is 3.40. The van der Waals surface area contributed by atoms with Crippen LogP contribution < -0.4 is 16.1 Å². The summed E-state index contributed by atoms with van der Waals surface area (Å²) in [5, 5.41) is 6.81. The van der Waals surface area contributed by atoms with Crippen molar-refractivity contribution in [3.8, 4) is 0 Å². The van der Waals surface area contributed by atoms with E-state index in [0.29, 0.717) is 12.0 Å². The van der Waals surface area contributed by atoms with Gasteiger partial charge in [-0.3, -0.25) is 9.79 Å². The number of amides is 1. The molecule has 36 heavy (non-hydrogen) atoms. The number of benzene rings is 1. The third kappa shape index (κ3) is 5.27. The van der Waals surface area contributed by atoms with Crippen molar-refractivity contribution in [2.75, 3.05) is 20.1 Å². The van der Waals surface area contributed by atoms with Crippen LogP contribution in [0.25, 0.3) is 5.70 Å². The zero-order valence-electron chi connectivity index (χ0n) is 23.1. The van der Waals surface area contributed by atoms with Crippen LogP contribution in [0.4, 0.5) is 0 Å². The first kappa shape index (κ1) is 26.9. The summed E-state index contributed by atoms with van der Waals surface area (Å²) in [6.45, 7) is 17.7. The number of hydrogen-bond acceptors (Lipinski definition) is 6. The molecule has 1 saturated carbocycles. The standard InChI is InChI=1S/C28H43BN4O3/c1-19(2)24(31-8)25(34)33-18-28(13-14-28)15-22(33)16-32-23(17-30-7)20-9-11-21(12-10-20)29-35-26(3,4)27(5,6)36-29/h9-12,17,19,22,24,31-32H,7,13-16,18H2,1-6,8H3/b23-17-. The van der Waals surface area contributed by atoms with Crippen LogP contribution in [0, 0.1) is 11.3 Å². The lowest BCUT2D eigenvalue weighted by Crippen LogP contribution is -2.51. The Bertz CT molecular complexity index is 985. The summed E-state index contributed by atoms with van der Waals surface area (Å²) in [5.74, 6) is 0.456. The lowest BCUT2D eigenvalue weighted by Gasteiger charge is -2.32. The van der Waals surface area contributed by atoms with Gasteiger partial charge in [-0.05, 0) is 83.1 Å². The topological polar surface area (TPSA) is 75.2 Å². The molecule has 1 aromatic carbocycles. The van der Waals surface area contributed by atoms with Crippen LogP contribution in [0.5, 0.6) is 0 Å². The molecule has 3 aliphatic rings. The Labute approximate surface area is 217 Å². The molecule has 2 saturated heterocycles.